The van der Waals surface area contributed by atoms with Crippen molar-refractivity contribution in [3.05, 3.63) is 12.2 Å². The predicted molar refractivity (Wildman–Crippen MR) is 266 cm³/mol. The van der Waals surface area contributed by atoms with Crippen molar-refractivity contribution in [3.63, 3.8) is 0 Å². The first-order valence-corrected chi connectivity index (χ1v) is 27.7. The second-order valence-corrected chi connectivity index (χ2v) is 18.9. The van der Waals surface area contributed by atoms with E-state index in [4.69, 9.17) is 14.2 Å². The molecule has 0 rings (SSSR count). The van der Waals surface area contributed by atoms with Gasteiger partial charge in [-0.05, 0) is 44.9 Å². The van der Waals surface area contributed by atoms with Crippen LogP contribution in [-0.4, -0.2) is 37.2 Å². The fourth-order valence-electron chi connectivity index (χ4n) is 8.32. The number of unbranched alkanes of at least 4 members (excludes halogenated alkanes) is 38. The number of ether oxygens (including phenoxy) is 3. The van der Waals surface area contributed by atoms with Crippen LogP contribution in [0.25, 0.3) is 0 Å². The summed E-state index contributed by atoms with van der Waals surface area (Å²) in [7, 11) is 0. The average molecular weight is 875 g/mol. The number of carbonyl (C=O) groups excluding carboxylic acids is 3. The second-order valence-electron chi connectivity index (χ2n) is 18.9. The monoisotopic (exact) mass is 875 g/mol. The maximum Gasteiger partial charge on any atom is 0.306 e. The molecule has 0 aromatic rings. The summed E-state index contributed by atoms with van der Waals surface area (Å²) in [6.45, 7) is 6.67. The van der Waals surface area contributed by atoms with Crippen LogP contribution < -0.4 is 0 Å². The van der Waals surface area contributed by atoms with E-state index < -0.39 is 6.10 Å². The third kappa shape index (κ3) is 49.2. The Bertz CT molecular complexity index is 962. The predicted octanol–water partition coefficient (Wildman–Crippen LogP) is 18.2. The highest BCUT2D eigenvalue weighted by Gasteiger charge is 2.19. The van der Waals surface area contributed by atoms with Crippen LogP contribution >= 0.6 is 0 Å². The second kappa shape index (κ2) is 51.8. The molecular weight excluding hydrogens is 769 g/mol. The van der Waals surface area contributed by atoms with Gasteiger partial charge in [-0.2, -0.15) is 0 Å². The Morgan fingerprint density at radius 1 is 0.306 bits per heavy atom. The topological polar surface area (TPSA) is 78.9 Å². The van der Waals surface area contributed by atoms with Gasteiger partial charge in [-0.1, -0.05) is 258 Å². The number of carbonyl (C=O) groups is 3. The molecule has 0 aliphatic rings. The van der Waals surface area contributed by atoms with Crippen molar-refractivity contribution >= 4 is 17.9 Å². The molecule has 0 heterocycles. The minimum atomic E-state index is -0.766. The van der Waals surface area contributed by atoms with Gasteiger partial charge in [0.15, 0.2) is 6.10 Å². The minimum Gasteiger partial charge on any atom is -0.462 e. The molecule has 0 spiro atoms. The Morgan fingerprint density at radius 3 is 0.823 bits per heavy atom. The molecular formula is C56H106O6. The first kappa shape index (κ1) is 60.2. The molecule has 62 heavy (non-hydrogen) atoms. The largest absolute Gasteiger partial charge is 0.462 e. The molecule has 0 radical (unpaired) electrons. The standard InChI is InChI=1S/C56H106O6/c1-4-7-10-13-16-19-22-25-27-29-31-34-37-40-43-46-49-55(58)61-52-53(51-60-54(57)48-45-42-39-36-33-30-24-21-18-15-12-9-6-3)62-56(59)50-47-44-41-38-35-32-28-26-23-20-17-14-11-8-5-2/h21,24,53H,4-20,22-23,25-52H2,1-3H3/b24-21+/t53-/m1/s1. The van der Waals surface area contributed by atoms with Gasteiger partial charge in [0.25, 0.3) is 0 Å². The fourth-order valence-corrected chi connectivity index (χ4v) is 8.32. The zero-order valence-electron chi connectivity index (χ0n) is 41.9. The van der Waals surface area contributed by atoms with Crippen molar-refractivity contribution in [1.82, 2.24) is 0 Å². The van der Waals surface area contributed by atoms with Gasteiger partial charge >= 0.3 is 17.9 Å². The number of esters is 3. The van der Waals surface area contributed by atoms with Crippen LogP contribution in [0.15, 0.2) is 12.2 Å². The normalized spacial score (nSPS) is 12.0. The van der Waals surface area contributed by atoms with E-state index in [-0.39, 0.29) is 31.1 Å². The molecule has 6 nitrogen and oxygen atoms in total. The summed E-state index contributed by atoms with van der Waals surface area (Å²) in [6.07, 6.45) is 57.6. The Labute approximate surface area is 386 Å². The SMILES string of the molecule is CCCCCC/C=C/CCCCCCCC(=O)OC[C@H](COC(=O)CCCCCCCCCCCCCCCCCC)OC(=O)CCCCCCCCCCCCCCCCC. The molecule has 0 amide bonds. The molecule has 0 saturated heterocycles. The number of rotatable bonds is 51. The number of hydrogen-bond donors (Lipinski definition) is 0. The van der Waals surface area contributed by atoms with Crippen LogP contribution in [0.1, 0.15) is 310 Å². The molecule has 0 N–H and O–H groups in total. The van der Waals surface area contributed by atoms with E-state index in [0.29, 0.717) is 19.3 Å². The molecule has 0 aromatic carbocycles. The van der Waals surface area contributed by atoms with Gasteiger partial charge in [0.05, 0.1) is 0 Å². The molecule has 1 atom stereocenters. The smallest absolute Gasteiger partial charge is 0.306 e. The van der Waals surface area contributed by atoms with Crippen molar-refractivity contribution in [2.75, 3.05) is 13.2 Å². The molecule has 366 valence electrons. The lowest BCUT2D eigenvalue weighted by molar-refractivity contribution is -0.167. The van der Waals surface area contributed by atoms with Gasteiger partial charge in [-0.15, -0.1) is 0 Å². The first-order valence-electron chi connectivity index (χ1n) is 27.7. The molecule has 6 heteroatoms. The van der Waals surface area contributed by atoms with Crippen molar-refractivity contribution < 1.29 is 28.6 Å². The summed E-state index contributed by atoms with van der Waals surface area (Å²) < 4.78 is 16.8. The van der Waals surface area contributed by atoms with E-state index >= 15 is 0 Å². The lowest BCUT2D eigenvalue weighted by Crippen LogP contribution is -2.30. The van der Waals surface area contributed by atoms with E-state index in [1.165, 1.54) is 205 Å². The van der Waals surface area contributed by atoms with E-state index in [1.54, 1.807) is 0 Å². The summed E-state index contributed by atoms with van der Waals surface area (Å²) in [4.78, 5) is 38.0. The van der Waals surface area contributed by atoms with E-state index in [2.05, 4.69) is 32.9 Å². The van der Waals surface area contributed by atoms with Gasteiger partial charge in [0, 0.05) is 19.3 Å². The van der Waals surface area contributed by atoms with Crippen LogP contribution in [-0.2, 0) is 28.6 Å². The molecule has 0 aliphatic heterocycles. The lowest BCUT2D eigenvalue weighted by atomic mass is 10.0. The highest BCUT2D eigenvalue weighted by atomic mass is 16.6. The maximum absolute atomic E-state index is 12.8. The van der Waals surface area contributed by atoms with Gasteiger partial charge in [-0.25, -0.2) is 0 Å². The zero-order chi connectivity index (χ0) is 45.1. The van der Waals surface area contributed by atoms with Crippen molar-refractivity contribution in [1.29, 1.82) is 0 Å². The molecule has 0 unspecified atom stereocenters. The quantitative estimate of drug-likeness (QED) is 0.0262. The molecule has 0 saturated carbocycles. The highest BCUT2D eigenvalue weighted by Crippen LogP contribution is 2.17. The minimum absolute atomic E-state index is 0.0667. The van der Waals surface area contributed by atoms with Crippen molar-refractivity contribution in [2.45, 2.75) is 316 Å². The van der Waals surface area contributed by atoms with Gasteiger partial charge in [-0.3, -0.25) is 14.4 Å². The summed E-state index contributed by atoms with van der Waals surface area (Å²) in [6, 6.07) is 0. The Hall–Kier alpha value is -1.85. The van der Waals surface area contributed by atoms with Gasteiger partial charge in [0.1, 0.15) is 13.2 Å². The van der Waals surface area contributed by atoms with E-state index in [0.717, 1.165) is 64.2 Å². The summed E-state index contributed by atoms with van der Waals surface area (Å²) in [5.74, 6) is -0.854. The Morgan fingerprint density at radius 2 is 0.532 bits per heavy atom. The lowest BCUT2D eigenvalue weighted by Gasteiger charge is -2.18. The third-order valence-corrected chi connectivity index (χ3v) is 12.5. The van der Waals surface area contributed by atoms with E-state index in [9.17, 15) is 14.4 Å². The van der Waals surface area contributed by atoms with Crippen LogP contribution in [0.2, 0.25) is 0 Å². The molecule has 0 bridgehead atoms. The summed E-state index contributed by atoms with van der Waals surface area (Å²) >= 11 is 0. The Kier molecular flexibility index (Phi) is 50.2. The van der Waals surface area contributed by atoms with Gasteiger partial charge < -0.3 is 14.2 Å². The maximum atomic E-state index is 12.8. The van der Waals surface area contributed by atoms with E-state index in [1.807, 2.05) is 0 Å². The van der Waals surface area contributed by atoms with Crippen molar-refractivity contribution in [2.24, 2.45) is 0 Å². The Balaban J connectivity index is 4.32. The van der Waals surface area contributed by atoms with Crippen molar-refractivity contribution in [3.8, 4) is 0 Å². The zero-order valence-corrected chi connectivity index (χ0v) is 41.9. The van der Waals surface area contributed by atoms with Crippen LogP contribution in [0.3, 0.4) is 0 Å². The van der Waals surface area contributed by atoms with Crippen LogP contribution in [0.4, 0.5) is 0 Å². The van der Waals surface area contributed by atoms with Crippen LogP contribution in [0, 0.1) is 0 Å². The highest BCUT2D eigenvalue weighted by molar-refractivity contribution is 5.71. The molecule has 0 aromatic heterocycles. The number of allylic oxidation sites excluding steroid dienone is 2. The summed E-state index contributed by atoms with van der Waals surface area (Å²) in [5.41, 5.74) is 0. The average Bonchev–Trinajstić information content (AvgIpc) is 3.27. The molecule has 0 aliphatic carbocycles. The van der Waals surface area contributed by atoms with Gasteiger partial charge in [0.2, 0.25) is 0 Å². The third-order valence-electron chi connectivity index (χ3n) is 12.5. The number of hydrogen-bond acceptors (Lipinski definition) is 6. The summed E-state index contributed by atoms with van der Waals surface area (Å²) in [5, 5.41) is 0. The molecule has 0 fully saturated rings. The first-order chi connectivity index (χ1) is 30.5. The fraction of sp³-hybridized carbons (Fsp3) is 0.911. The van der Waals surface area contributed by atoms with Crippen LogP contribution in [0.5, 0.6) is 0 Å².